The molecule has 18 heavy (non-hydrogen) atoms. The highest BCUT2D eigenvalue weighted by atomic mass is 35.5. The van der Waals surface area contributed by atoms with Crippen molar-refractivity contribution in [3.8, 4) is 5.75 Å². The lowest BCUT2D eigenvalue weighted by Crippen LogP contribution is -1.98. The lowest BCUT2D eigenvalue weighted by molar-refractivity contribution is 0.259. The number of halogens is 2. The quantitative estimate of drug-likeness (QED) is 0.917. The number of rotatable bonds is 4. The first kappa shape index (κ1) is 12.9. The van der Waals surface area contributed by atoms with E-state index in [4.69, 9.17) is 16.3 Å². The molecule has 0 atom stereocenters. The normalized spacial score (nSPS) is 10.4. The van der Waals surface area contributed by atoms with Gasteiger partial charge in [-0.1, -0.05) is 23.7 Å². The van der Waals surface area contributed by atoms with Crippen LogP contribution in [0.4, 0.5) is 4.39 Å². The Bertz CT molecular complexity index is 526. The van der Waals surface area contributed by atoms with E-state index < -0.39 is 0 Å². The van der Waals surface area contributed by atoms with Gasteiger partial charge in [-0.05, 0) is 35.9 Å². The van der Waals surface area contributed by atoms with Crippen LogP contribution < -0.4 is 4.74 Å². The minimum absolute atomic E-state index is 0.140. The van der Waals surface area contributed by atoms with Gasteiger partial charge in [-0.2, -0.15) is 0 Å². The molecule has 0 radical (unpaired) electrons. The molecule has 4 heteroatoms. The second-order valence-corrected chi connectivity index (χ2v) is 4.26. The second-order valence-electron chi connectivity index (χ2n) is 3.83. The average Bonchev–Trinajstić information content (AvgIpc) is 2.39. The van der Waals surface area contributed by atoms with Gasteiger partial charge in [-0.15, -0.1) is 0 Å². The molecule has 2 nitrogen and oxygen atoms in total. The van der Waals surface area contributed by atoms with Crippen LogP contribution in [0.5, 0.6) is 5.75 Å². The van der Waals surface area contributed by atoms with E-state index in [0.29, 0.717) is 22.9 Å². The van der Waals surface area contributed by atoms with E-state index in [1.165, 1.54) is 12.1 Å². The number of hydrogen-bond donors (Lipinski definition) is 1. The number of benzene rings is 2. The van der Waals surface area contributed by atoms with Crippen molar-refractivity contribution >= 4 is 11.6 Å². The van der Waals surface area contributed by atoms with E-state index in [-0.39, 0.29) is 12.4 Å². The van der Waals surface area contributed by atoms with Gasteiger partial charge in [0.2, 0.25) is 0 Å². The highest BCUT2D eigenvalue weighted by Crippen LogP contribution is 2.23. The third-order valence-corrected chi connectivity index (χ3v) is 2.74. The van der Waals surface area contributed by atoms with Crippen molar-refractivity contribution in [3.05, 3.63) is 64.4 Å². The van der Waals surface area contributed by atoms with Crippen molar-refractivity contribution in [3.63, 3.8) is 0 Å². The standard InChI is InChI=1S/C14H12ClFO2/c15-12-3-6-14(11(7-12)8-17)18-9-10-1-4-13(16)5-2-10/h1-7,17H,8-9H2. The Morgan fingerprint density at radius 3 is 2.50 bits per heavy atom. The van der Waals surface area contributed by atoms with Crippen molar-refractivity contribution in [1.82, 2.24) is 0 Å². The smallest absolute Gasteiger partial charge is 0.125 e. The molecule has 2 aromatic carbocycles. The molecule has 0 saturated carbocycles. The van der Waals surface area contributed by atoms with Gasteiger partial charge in [0.05, 0.1) is 6.61 Å². The lowest BCUT2D eigenvalue weighted by Gasteiger charge is -2.10. The van der Waals surface area contributed by atoms with Gasteiger partial charge in [0.25, 0.3) is 0 Å². The third kappa shape index (κ3) is 3.22. The Morgan fingerprint density at radius 1 is 1.11 bits per heavy atom. The minimum Gasteiger partial charge on any atom is -0.489 e. The number of aliphatic hydroxyl groups excluding tert-OH is 1. The van der Waals surface area contributed by atoms with Gasteiger partial charge < -0.3 is 9.84 Å². The molecule has 2 rings (SSSR count). The predicted octanol–water partition coefficient (Wildman–Crippen LogP) is 3.55. The van der Waals surface area contributed by atoms with Crippen molar-refractivity contribution in [1.29, 1.82) is 0 Å². The Kier molecular flexibility index (Phi) is 4.18. The molecule has 0 bridgehead atoms. The van der Waals surface area contributed by atoms with Gasteiger partial charge in [-0.25, -0.2) is 4.39 Å². The molecule has 0 heterocycles. The molecule has 2 aromatic rings. The van der Waals surface area contributed by atoms with Crippen molar-refractivity contribution in [2.75, 3.05) is 0 Å². The highest BCUT2D eigenvalue weighted by molar-refractivity contribution is 6.30. The second kappa shape index (κ2) is 5.85. The zero-order valence-corrected chi connectivity index (χ0v) is 10.3. The zero-order chi connectivity index (χ0) is 13.0. The molecule has 0 fully saturated rings. The van der Waals surface area contributed by atoms with Crippen LogP contribution in [0.3, 0.4) is 0 Å². The summed E-state index contributed by atoms with van der Waals surface area (Å²) in [6.45, 7) is 0.175. The molecule has 0 amide bonds. The van der Waals surface area contributed by atoms with Crippen LogP contribution >= 0.6 is 11.6 Å². The van der Waals surface area contributed by atoms with E-state index in [0.717, 1.165) is 5.56 Å². The fourth-order valence-electron chi connectivity index (χ4n) is 1.55. The van der Waals surface area contributed by atoms with Crippen LogP contribution in [-0.2, 0) is 13.2 Å². The van der Waals surface area contributed by atoms with Crippen LogP contribution in [0.25, 0.3) is 0 Å². The summed E-state index contributed by atoms with van der Waals surface area (Å²) < 4.78 is 18.3. The fraction of sp³-hybridized carbons (Fsp3) is 0.143. The van der Waals surface area contributed by atoms with Crippen LogP contribution in [0.15, 0.2) is 42.5 Å². The predicted molar refractivity (Wildman–Crippen MR) is 68.1 cm³/mol. The van der Waals surface area contributed by atoms with E-state index in [2.05, 4.69) is 0 Å². The summed E-state index contributed by atoms with van der Waals surface area (Å²) >= 11 is 5.82. The fourth-order valence-corrected chi connectivity index (χ4v) is 1.75. The molecular formula is C14H12ClFO2. The number of hydrogen-bond acceptors (Lipinski definition) is 2. The molecule has 0 spiro atoms. The topological polar surface area (TPSA) is 29.5 Å². The molecule has 0 aliphatic rings. The summed E-state index contributed by atoms with van der Waals surface area (Å²) in [6, 6.07) is 11.1. The Balaban J connectivity index is 2.08. The summed E-state index contributed by atoms with van der Waals surface area (Å²) in [6.07, 6.45) is 0. The van der Waals surface area contributed by atoms with Crippen molar-refractivity contribution in [2.24, 2.45) is 0 Å². The average molecular weight is 267 g/mol. The van der Waals surface area contributed by atoms with Gasteiger partial charge in [0.15, 0.2) is 0 Å². The Labute approximate surface area is 110 Å². The number of ether oxygens (including phenoxy) is 1. The summed E-state index contributed by atoms with van der Waals surface area (Å²) in [5.41, 5.74) is 1.49. The summed E-state index contributed by atoms with van der Waals surface area (Å²) in [4.78, 5) is 0. The van der Waals surface area contributed by atoms with Gasteiger partial charge >= 0.3 is 0 Å². The molecule has 0 aliphatic carbocycles. The first-order chi connectivity index (χ1) is 8.69. The number of aliphatic hydroxyl groups is 1. The van der Waals surface area contributed by atoms with Gasteiger partial charge in [0.1, 0.15) is 18.2 Å². The maximum Gasteiger partial charge on any atom is 0.125 e. The highest BCUT2D eigenvalue weighted by Gasteiger charge is 2.04. The van der Waals surface area contributed by atoms with Crippen molar-refractivity contribution in [2.45, 2.75) is 13.2 Å². The summed E-state index contributed by atoms with van der Waals surface area (Å²) in [5, 5.41) is 9.74. The Hall–Kier alpha value is -1.58. The zero-order valence-electron chi connectivity index (χ0n) is 9.57. The molecule has 0 aliphatic heterocycles. The molecule has 0 saturated heterocycles. The van der Waals surface area contributed by atoms with E-state index in [1.807, 2.05) is 0 Å². The summed E-state index contributed by atoms with van der Waals surface area (Å²) in [5.74, 6) is 0.299. The largest absolute Gasteiger partial charge is 0.489 e. The SMILES string of the molecule is OCc1cc(Cl)ccc1OCc1ccc(F)cc1. The maximum atomic E-state index is 12.7. The molecule has 0 unspecified atom stereocenters. The van der Waals surface area contributed by atoms with Crippen molar-refractivity contribution < 1.29 is 14.2 Å². The van der Waals surface area contributed by atoms with Crippen LogP contribution in [0, 0.1) is 5.82 Å². The minimum atomic E-state index is -0.277. The van der Waals surface area contributed by atoms with E-state index in [1.54, 1.807) is 30.3 Å². The van der Waals surface area contributed by atoms with Crippen LogP contribution in [0.2, 0.25) is 5.02 Å². The molecule has 94 valence electrons. The van der Waals surface area contributed by atoms with Gasteiger partial charge in [-0.3, -0.25) is 0 Å². The van der Waals surface area contributed by atoms with E-state index >= 15 is 0 Å². The monoisotopic (exact) mass is 266 g/mol. The molecule has 0 aromatic heterocycles. The third-order valence-electron chi connectivity index (χ3n) is 2.50. The molecule has 1 N–H and O–H groups in total. The Morgan fingerprint density at radius 2 is 1.83 bits per heavy atom. The molecular weight excluding hydrogens is 255 g/mol. The first-order valence-corrected chi connectivity index (χ1v) is 5.83. The first-order valence-electron chi connectivity index (χ1n) is 5.45. The van der Waals surface area contributed by atoms with Gasteiger partial charge in [0, 0.05) is 10.6 Å². The summed E-state index contributed by atoms with van der Waals surface area (Å²) in [7, 11) is 0. The lowest BCUT2D eigenvalue weighted by atomic mass is 10.2. The van der Waals surface area contributed by atoms with Crippen LogP contribution in [0.1, 0.15) is 11.1 Å². The van der Waals surface area contributed by atoms with Crippen LogP contribution in [-0.4, -0.2) is 5.11 Å². The maximum absolute atomic E-state index is 12.7. The van der Waals surface area contributed by atoms with E-state index in [9.17, 15) is 9.50 Å².